The van der Waals surface area contributed by atoms with Crippen molar-refractivity contribution in [2.45, 2.75) is 25.7 Å². The number of nitrogens with zero attached hydrogens (tertiary/aromatic N) is 2. The van der Waals surface area contributed by atoms with Crippen molar-refractivity contribution < 1.29 is 23.8 Å². The van der Waals surface area contributed by atoms with Gasteiger partial charge >= 0.3 is 0 Å². The molecule has 0 aliphatic heterocycles. The first-order valence-corrected chi connectivity index (χ1v) is 13.8. The maximum atomic E-state index is 12.0. The lowest BCUT2D eigenvalue weighted by atomic mass is 10.2. The van der Waals surface area contributed by atoms with Gasteiger partial charge in [0.15, 0.2) is 0 Å². The summed E-state index contributed by atoms with van der Waals surface area (Å²) in [5.41, 5.74) is 2.30. The number of carbonyl (C=O) groups excluding carboxylic acids is 2. The second kappa shape index (κ2) is 20.8. The topological polar surface area (TPSA) is 92.4 Å². The molecule has 9 nitrogen and oxygen atoms in total. The van der Waals surface area contributed by atoms with Gasteiger partial charge in [-0.25, -0.2) is 0 Å². The molecule has 0 unspecified atom stereocenters. The summed E-state index contributed by atoms with van der Waals surface area (Å²) in [5, 5.41) is 5.76. The maximum Gasteiger partial charge on any atom is 0.220 e. The van der Waals surface area contributed by atoms with Crippen molar-refractivity contribution in [1.29, 1.82) is 0 Å². The minimum absolute atomic E-state index is 0.0420. The Labute approximate surface area is 233 Å². The summed E-state index contributed by atoms with van der Waals surface area (Å²) < 4.78 is 16.5. The summed E-state index contributed by atoms with van der Waals surface area (Å²) in [5.74, 6) is 0.0839. The molecule has 0 bridgehead atoms. The number of nitrogens with one attached hydrogen (secondary N) is 2. The first-order valence-electron chi connectivity index (χ1n) is 13.8. The lowest BCUT2D eigenvalue weighted by molar-refractivity contribution is -0.122. The van der Waals surface area contributed by atoms with Crippen molar-refractivity contribution in [2.75, 3.05) is 89.7 Å². The molecular weight excluding hydrogens is 496 g/mol. The third kappa shape index (κ3) is 15.8. The third-order valence-electron chi connectivity index (χ3n) is 6.07. The van der Waals surface area contributed by atoms with Crippen LogP contribution in [0.2, 0.25) is 0 Å². The molecule has 0 spiro atoms. The smallest absolute Gasteiger partial charge is 0.220 e. The maximum absolute atomic E-state index is 12.0. The van der Waals surface area contributed by atoms with E-state index in [2.05, 4.69) is 44.7 Å². The van der Waals surface area contributed by atoms with Gasteiger partial charge in [0.25, 0.3) is 0 Å². The van der Waals surface area contributed by atoms with E-state index in [1.165, 1.54) is 0 Å². The van der Waals surface area contributed by atoms with Crippen LogP contribution in [0.25, 0.3) is 0 Å². The van der Waals surface area contributed by atoms with E-state index in [4.69, 9.17) is 14.2 Å². The van der Waals surface area contributed by atoms with E-state index in [9.17, 15) is 9.59 Å². The minimum atomic E-state index is 0.0420. The van der Waals surface area contributed by atoms with Gasteiger partial charge in [0.2, 0.25) is 11.8 Å². The zero-order valence-corrected chi connectivity index (χ0v) is 23.6. The fourth-order valence-corrected chi connectivity index (χ4v) is 3.82. The first-order chi connectivity index (χ1) is 19.1. The van der Waals surface area contributed by atoms with Crippen LogP contribution in [0.15, 0.2) is 60.7 Å². The number of anilines is 2. The Bertz CT molecular complexity index is 827. The largest absolute Gasteiger partial charge is 0.377 e. The summed E-state index contributed by atoms with van der Waals surface area (Å²) in [6.45, 7) is 5.43. The van der Waals surface area contributed by atoms with Gasteiger partial charge in [-0.1, -0.05) is 36.4 Å². The molecule has 0 atom stereocenters. The van der Waals surface area contributed by atoms with E-state index in [0.29, 0.717) is 65.6 Å². The summed E-state index contributed by atoms with van der Waals surface area (Å²) >= 11 is 0. The molecular formula is C30H46N4O5. The molecule has 0 saturated carbocycles. The number of hydrogen-bond acceptors (Lipinski definition) is 7. The predicted octanol–water partition coefficient (Wildman–Crippen LogP) is 3.10. The van der Waals surface area contributed by atoms with Crippen molar-refractivity contribution in [3.63, 3.8) is 0 Å². The van der Waals surface area contributed by atoms with Gasteiger partial charge < -0.3 is 34.6 Å². The van der Waals surface area contributed by atoms with E-state index < -0.39 is 0 Å². The standard InChI is InChI=1S/C30H46N4O5/c1-33(27-11-5-3-6-12-27)19-9-15-29(35)31-17-21-37-23-25-39-26-24-38-22-18-32-30(36)16-10-20-34(2)28-13-7-4-8-14-28/h3-8,11-14H,9-10,15-26H2,1-2H3,(H,31,35)(H,32,36). The van der Waals surface area contributed by atoms with E-state index in [0.717, 1.165) is 37.3 Å². The molecule has 0 aliphatic carbocycles. The normalized spacial score (nSPS) is 10.7. The van der Waals surface area contributed by atoms with Crippen LogP contribution in [-0.4, -0.2) is 91.7 Å². The van der Waals surface area contributed by atoms with Crippen molar-refractivity contribution in [1.82, 2.24) is 10.6 Å². The van der Waals surface area contributed by atoms with Crippen LogP contribution < -0.4 is 20.4 Å². The zero-order valence-electron chi connectivity index (χ0n) is 23.6. The highest BCUT2D eigenvalue weighted by Gasteiger charge is 2.05. The fraction of sp³-hybridized carbons (Fsp3) is 0.533. The molecule has 39 heavy (non-hydrogen) atoms. The summed E-state index contributed by atoms with van der Waals surface area (Å²) in [6, 6.07) is 20.3. The van der Waals surface area contributed by atoms with Gasteiger partial charge in [0, 0.05) is 64.5 Å². The van der Waals surface area contributed by atoms with Crippen molar-refractivity contribution in [3.05, 3.63) is 60.7 Å². The van der Waals surface area contributed by atoms with Gasteiger partial charge in [-0.05, 0) is 37.1 Å². The average molecular weight is 543 g/mol. The van der Waals surface area contributed by atoms with Crippen LogP contribution >= 0.6 is 0 Å². The number of amides is 2. The molecule has 0 heterocycles. The molecule has 2 rings (SSSR count). The lowest BCUT2D eigenvalue weighted by Gasteiger charge is -2.18. The van der Waals surface area contributed by atoms with Crippen LogP contribution in [0, 0.1) is 0 Å². The Morgan fingerprint density at radius 3 is 1.33 bits per heavy atom. The number of carbonyl (C=O) groups is 2. The van der Waals surface area contributed by atoms with Crippen LogP contribution in [-0.2, 0) is 23.8 Å². The lowest BCUT2D eigenvalue weighted by Crippen LogP contribution is -2.29. The third-order valence-corrected chi connectivity index (χ3v) is 6.07. The Balaban J connectivity index is 1.30. The molecule has 2 aromatic carbocycles. The molecule has 216 valence electrons. The highest BCUT2D eigenvalue weighted by atomic mass is 16.5. The van der Waals surface area contributed by atoms with Gasteiger partial charge in [0.1, 0.15) is 0 Å². The first kappa shape index (κ1) is 32.1. The predicted molar refractivity (Wildman–Crippen MR) is 156 cm³/mol. The van der Waals surface area contributed by atoms with Gasteiger partial charge in [-0.3, -0.25) is 9.59 Å². The monoisotopic (exact) mass is 542 g/mol. The van der Waals surface area contributed by atoms with Crippen molar-refractivity contribution in [3.8, 4) is 0 Å². The van der Waals surface area contributed by atoms with E-state index in [1.807, 2.05) is 50.5 Å². The fourth-order valence-electron chi connectivity index (χ4n) is 3.82. The number of rotatable bonds is 22. The SMILES string of the molecule is CN(CCCC(=O)NCCOCCOCCOCCNC(=O)CCCN(C)c1ccccc1)c1ccccc1. The van der Waals surface area contributed by atoms with Crippen molar-refractivity contribution >= 4 is 23.2 Å². The Kier molecular flexibility index (Phi) is 17.1. The number of para-hydroxylation sites is 2. The Morgan fingerprint density at radius 1 is 0.590 bits per heavy atom. The number of ether oxygens (including phenoxy) is 3. The Hall–Kier alpha value is -3.14. The summed E-state index contributed by atoms with van der Waals surface area (Å²) in [4.78, 5) is 28.2. The molecule has 2 aromatic rings. The number of hydrogen-bond donors (Lipinski definition) is 2. The molecule has 0 aromatic heterocycles. The molecule has 2 N–H and O–H groups in total. The van der Waals surface area contributed by atoms with E-state index in [1.54, 1.807) is 0 Å². The van der Waals surface area contributed by atoms with E-state index in [-0.39, 0.29) is 11.8 Å². The Morgan fingerprint density at radius 2 is 0.949 bits per heavy atom. The number of benzene rings is 2. The minimum Gasteiger partial charge on any atom is -0.377 e. The van der Waals surface area contributed by atoms with Gasteiger partial charge in [-0.15, -0.1) is 0 Å². The van der Waals surface area contributed by atoms with Crippen LogP contribution in [0.1, 0.15) is 25.7 Å². The molecule has 0 aliphatic rings. The average Bonchev–Trinajstić information content (AvgIpc) is 2.96. The van der Waals surface area contributed by atoms with Gasteiger partial charge in [0.05, 0.1) is 39.6 Å². The molecule has 0 radical (unpaired) electrons. The second-order valence-corrected chi connectivity index (χ2v) is 9.26. The summed E-state index contributed by atoms with van der Waals surface area (Å²) in [6.07, 6.45) is 2.59. The molecule has 9 heteroatoms. The molecule has 0 fully saturated rings. The van der Waals surface area contributed by atoms with Gasteiger partial charge in [-0.2, -0.15) is 0 Å². The van der Waals surface area contributed by atoms with Crippen LogP contribution in [0.5, 0.6) is 0 Å². The highest BCUT2D eigenvalue weighted by molar-refractivity contribution is 5.76. The van der Waals surface area contributed by atoms with Crippen LogP contribution in [0.4, 0.5) is 11.4 Å². The summed E-state index contributed by atoms with van der Waals surface area (Å²) in [7, 11) is 4.07. The molecule has 2 amide bonds. The zero-order chi connectivity index (χ0) is 28.0. The second-order valence-electron chi connectivity index (χ2n) is 9.26. The highest BCUT2D eigenvalue weighted by Crippen LogP contribution is 2.12. The quantitative estimate of drug-likeness (QED) is 0.221. The molecule has 0 saturated heterocycles. The van der Waals surface area contributed by atoms with Crippen molar-refractivity contribution in [2.24, 2.45) is 0 Å². The van der Waals surface area contributed by atoms with Crippen LogP contribution in [0.3, 0.4) is 0 Å². The van der Waals surface area contributed by atoms with E-state index >= 15 is 0 Å².